The molecule has 1 aromatic rings. The number of esters is 1. The molecule has 0 aliphatic rings. The zero-order valence-corrected chi connectivity index (χ0v) is 13.1. The molecule has 116 valence electrons. The van der Waals surface area contributed by atoms with E-state index in [1.54, 1.807) is 32.9 Å². The van der Waals surface area contributed by atoms with E-state index >= 15 is 0 Å². The number of ether oxygens (including phenoxy) is 1. The fourth-order valence-corrected chi connectivity index (χ4v) is 1.73. The Balaban J connectivity index is 2.84. The molecule has 1 rings (SSSR count). The fraction of sp³-hybridized carbons (Fsp3) is 0.500. The van der Waals surface area contributed by atoms with Crippen molar-refractivity contribution >= 4 is 11.9 Å². The lowest BCUT2D eigenvalue weighted by atomic mass is 10.0. The van der Waals surface area contributed by atoms with E-state index in [2.05, 4.69) is 5.32 Å². The molecule has 0 radical (unpaired) electrons. The number of aromatic hydroxyl groups is 1. The van der Waals surface area contributed by atoms with Gasteiger partial charge in [0.15, 0.2) is 0 Å². The molecule has 0 bridgehead atoms. The third-order valence-corrected chi connectivity index (χ3v) is 2.72. The summed E-state index contributed by atoms with van der Waals surface area (Å²) < 4.78 is 5.32. The summed E-state index contributed by atoms with van der Waals surface area (Å²) in [5, 5.41) is 12.1. The highest BCUT2D eigenvalue weighted by atomic mass is 16.6. The Kier molecular flexibility index (Phi) is 5.35. The van der Waals surface area contributed by atoms with E-state index < -0.39 is 23.5 Å². The Hall–Kier alpha value is -2.04. The summed E-state index contributed by atoms with van der Waals surface area (Å²) >= 11 is 0. The molecule has 0 aromatic heterocycles. The summed E-state index contributed by atoms with van der Waals surface area (Å²) in [5.74, 6) is -0.997. The smallest absolute Gasteiger partial charge is 0.329 e. The summed E-state index contributed by atoms with van der Waals surface area (Å²) in [5.41, 5.74) is -0.316. The first-order valence-corrected chi connectivity index (χ1v) is 6.93. The fourth-order valence-electron chi connectivity index (χ4n) is 1.73. The summed E-state index contributed by atoms with van der Waals surface area (Å²) in [7, 11) is 0. The van der Waals surface area contributed by atoms with Crippen LogP contribution in [-0.2, 0) is 9.53 Å². The highest BCUT2D eigenvalue weighted by molar-refractivity contribution is 5.97. The maximum atomic E-state index is 12.2. The van der Waals surface area contributed by atoms with Crippen LogP contribution in [0, 0.1) is 5.92 Å². The zero-order valence-electron chi connectivity index (χ0n) is 13.1. The van der Waals surface area contributed by atoms with Gasteiger partial charge in [0.25, 0.3) is 5.91 Å². The van der Waals surface area contributed by atoms with Gasteiger partial charge in [0.2, 0.25) is 0 Å². The molecule has 5 nitrogen and oxygen atoms in total. The number of benzene rings is 1. The van der Waals surface area contributed by atoms with E-state index in [1.807, 2.05) is 13.8 Å². The van der Waals surface area contributed by atoms with Gasteiger partial charge in [-0.1, -0.05) is 19.9 Å². The molecular weight excluding hydrogens is 270 g/mol. The second-order valence-corrected chi connectivity index (χ2v) is 6.28. The Morgan fingerprint density at radius 3 is 2.33 bits per heavy atom. The van der Waals surface area contributed by atoms with Crippen molar-refractivity contribution < 1.29 is 19.4 Å². The molecule has 21 heavy (non-hydrogen) atoms. The Bertz CT molecular complexity index is 517. The van der Waals surface area contributed by atoms with Gasteiger partial charge in [-0.15, -0.1) is 0 Å². The first kappa shape index (κ1) is 17.0. The summed E-state index contributed by atoms with van der Waals surface area (Å²) in [4.78, 5) is 24.3. The number of rotatable bonds is 4. The molecule has 1 aromatic carbocycles. The van der Waals surface area contributed by atoms with Crippen LogP contribution in [0.5, 0.6) is 5.75 Å². The lowest BCUT2D eigenvalue weighted by Crippen LogP contribution is -2.47. The summed E-state index contributed by atoms with van der Waals surface area (Å²) in [6.07, 6.45) is 0. The van der Waals surface area contributed by atoms with Gasteiger partial charge in [-0.25, -0.2) is 4.79 Å². The number of hydrogen-bond acceptors (Lipinski definition) is 4. The SMILES string of the molecule is CC(C)[C@H](NC(=O)c1cccc(O)c1)C(=O)OC(C)(C)C. The van der Waals surface area contributed by atoms with Gasteiger partial charge in [-0.3, -0.25) is 4.79 Å². The van der Waals surface area contributed by atoms with Crippen molar-refractivity contribution in [3.63, 3.8) is 0 Å². The normalized spacial score (nSPS) is 12.9. The molecule has 0 unspecified atom stereocenters. The second-order valence-electron chi connectivity index (χ2n) is 6.28. The van der Waals surface area contributed by atoms with Crippen LogP contribution in [0.15, 0.2) is 24.3 Å². The Morgan fingerprint density at radius 1 is 1.24 bits per heavy atom. The van der Waals surface area contributed by atoms with E-state index in [0.29, 0.717) is 5.56 Å². The van der Waals surface area contributed by atoms with E-state index in [4.69, 9.17) is 4.74 Å². The summed E-state index contributed by atoms with van der Waals surface area (Å²) in [6.45, 7) is 8.99. The van der Waals surface area contributed by atoms with Crippen molar-refractivity contribution in [2.24, 2.45) is 5.92 Å². The lowest BCUT2D eigenvalue weighted by molar-refractivity contribution is -0.158. The number of phenols is 1. The molecule has 1 atom stereocenters. The van der Waals surface area contributed by atoms with Gasteiger partial charge in [0, 0.05) is 5.56 Å². The van der Waals surface area contributed by atoms with Gasteiger partial charge >= 0.3 is 5.97 Å². The highest BCUT2D eigenvalue weighted by Gasteiger charge is 2.29. The summed E-state index contributed by atoms with van der Waals surface area (Å²) in [6, 6.07) is 5.23. The topological polar surface area (TPSA) is 75.6 Å². The first-order chi connectivity index (χ1) is 9.60. The van der Waals surface area contributed by atoms with E-state index in [0.717, 1.165) is 0 Å². The number of phenolic OH excluding ortho intramolecular Hbond substituents is 1. The Morgan fingerprint density at radius 2 is 1.86 bits per heavy atom. The number of carbonyl (C=O) groups excluding carboxylic acids is 2. The van der Waals surface area contributed by atoms with Gasteiger partial charge < -0.3 is 15.2 Å². The number of hydrogen-bond donors (Lipinski definition) is 2. The van der Waals surface area contributed by atoms with Gasteiger partial charge in [-0.05, 0) is 44.9 Å². The molecule has 1 amide bonds. The molecule has 0 spiro atoms. The third kappa shape index (κ3) is 5.45. The molecule has 0 saturated heterocycles. The molecule has 0 heterocycles. The van der Waals surface area contributed by atoms with Crippen LogP contribution in [0.3, 0.4) is 0 Å². The molecule has 5 heteroatoms. The largest absolute Gasteiger partial charge is 0.508 e. The predicted molar refractivity (Wildman–Crippen MR) is 80.0 cm³/mol. The monoisotopic (exact) mass is 293 g/mol. The number of carbonyl (C=O) groups is 2. The maximum absolute atomic E-state index is 12.2. The number of amides is 1. The minimum Gasteiger partial charge on any atom is -0.508 e. The van der Waals surface area contributed by atoms with Crippen LogP contribution in [0.25, 0.3) is 0 Å². The van der Waals surface area contributed by atoms with Crippen molar-refractivity contribution in [1.29, 1.82) is 0 Å². The lowest BCUT2D eigenvalue weighted by Gasteiger charge is -2.26. The zero-order chi connectivity index (χ0) is 16.2. The quantitative estimate of drug-likeness (QED) is 0.836. The molecular formula is C16H23NO4. The van der Waals surface area contributed by atoms with Gasteiger partial charge in [-0.2, -0.15) is 0 Å². The van der Waals surface area contributed by atoms with Gasteiger partial charge in [0.1, 0.15) is 17.4 Å². The van der Waals surface area contributed by atoms with Crippen molar-refractivity contribution in [3.8, 4) is 5.75 Å². The van der Waals surface area contributed by atoms with E-state index in [1.165, 1.54) is 12.1 Å². The highest BCUT2D eigenvalue weighted by Crippen LogP contribution is 2.14. The van der Waals surface area contributed by atoms with E-state index in [-0.39, 0.29) is 11.7 Å². The van der Waals surface area contributed by atoms with Gasteiger partial charge in [0.05, 0.1) is 0 Å². The molecule has 0 aliphatic heterocycles. The van der Waals surface area contributed by atoms with Crippen LogP contribution in [0.2, 0.25) is 0 Å². The maximum Gasteiger partial charge on any atom is 0.329 e. The first-order valence-electron chi connectivity index (χ1n) is 6.93. The minimum absolute atomic E-state index is 0.000940. The minimum atomic E-state index is -0.737. The molecule has 2 N–H and O–H groups in total. The van der Waals surface area contributed by atoms with Crippen LogP contribution >= 0.6 is 0 Å². The standard InChI is InChI=1S/C16H23NO4/c1-10(2)13(15(20)21-16(3,4)5)17-14(19)11-7-6-8-12(18)9-11/h6-10,13,18H,1-5H3,(H,17,19)/t13-/m0/s1. The molecule has 0 saturated carbocycles. The number of nitrogens with one attached hydrogen (secondary N) is 1. The van der Waals surface area contributed by atoms with Crippen molar-refractivity contribution in [2.45, 2.75) is 46.3 Å². The molecule has 0 fully saturated rings. The Labute approximate surface area is 125 Å². The average molecular weight is 293 g/mol. The van der Waals surface area contributed by atoms with Crippen molar-refractivity contribution in [1.82, 2.24) is 5.32 Å². The predicted octanol–water partition coefficient (Wildman–Crippen LogP) is 2.49. The van der Waals surface area contributed by atoms with Crippen LogP contribution in [0.4, 0.5) is 0 Å². The van der Waals surface area contributed by atoms with Crippen LogP contribution in [0.1, 0.15) is 45.0 Å². The third-order valence-electron chi connectivity index (χ3n) is 2.72. The second kappa shape index (κ2) is 6.61. The van der Waals surface area contributed by atoms with E-state index in [9.17, 15) is 14.7 Å². The van der Waals surface area contributed by atoms with Crippen LogP contribution in [-0.4, -0.2) is 28.6 Å². The average Bonchev–Trinajstić information content (AvgIpc) is 2.32. The molecule has 0 aliphatic carbocycles. The van der Waals surface area contributed by atoms with Crippen molar-refractivity contribution in [2.75, 3.05) is 0 Å². The van der Waals surface area contributed by atoms with Crippen molar-refractivity contribution in [3.05, 3.63) is 29.8 Å². The van der Waals surface area contributed by atoms with Crippen LogP contribution < -0.4 is 5.32 Å².